The van der Waals surface area contributed by atoms with Gasteiger partial charge in [0.25, 0.3) is 0 Å². The largest absolute Gasteiger partial charge is 0.464 e. The number of carbonyl (C=O) groups is 2. The lowest BCUT2D eigenvalue weighted by molar-refractivity contribution is -0.146. The van der Waals surface area contributed by atoms with Gasteiger partial charge in [-0.2, -0.15) is 5.26 Å². The maximum atomic E-state index is 14.2. The molecule has 1 amide bonds. The number of carbonyl (C=O) groups excluding carboxylic acids is 2. The van der Waals surface area contributed by atoms with Crippen LogP contribution in [-0.4, -0.2) is 49.8 Å². The first-order chi connectivity index (χ1) is 21.4. The van der Waals surface area contributed by atoms with Crippen molar-refractivity contribution in [3.63, 3.8) is 0 Å². The number of esters is 1. The number of benzene rings is 3. The summed E-state index contributed by atoms with van der Waals surface area (Å²) in [5.74, 6) is -2.21. The Morgan fingerprint density at radius 1 is 1.00 bits per heavy atom. The van der Waals surface area contributed by atoms with E-state index in [1.165, 1.54) is 0 Å². The van der Waals surface area contributed by atoms with Gasteiger partial charge in [-0.15, -0.1) is 11.6 Å². The molecule has 0 fully saturated rings. The molecule has 1 heterocycles. The minimum absolute atomic E-state index is 0.0384. The van der Waals surface area contributed by atoms with E-state index >= 15 is 0 Å². The Hall–Kier alpha value is -3.96. The number of aliphatic imine (C=N–C) groups is 1. The van der Waals surface area contributed by atoms with Gasteiger partial charge in [-0.05, 0) is 42.2 Å². The molecule has 1 aliphatic heterocycles. The average molecular weight is 633 g/mol. The fourth-order valence-electron chi connectivity index (χ4n) is 5.51. The van der Waals surface area contributed by atoms with E-state index in [9.17, 15) is 9.59 Å². The molecule has 2 unspecified atom stereocenters. The van der Waals surface area contributed by atoms with Gasteiger partial charge in [0, 0.05) is 40.6 Å². The third-order valence-corrected chi connectivity index (χ3v) is 7.85. The van der Waals surface area contributed by atoms with Crippen molar-refractivity contribution < 1.29 is 19.1 Å². The molecule has 0 saturated carbocycles. The molecule has 1 aliphatic rings. The number of halogens is 2. The molecule has 0 spiro atoms. The number of nitrogens with one attached hydrogen (secondary N) is 1. The predicted molar refractivity (Wildman–Crippen MR) is 173 cm³/mol. The summed E-state index contributed by atoms with van der Waals surface area (Å²) in [5.41, 5.74) is 4.17. The second-order valence-corrected chi connectivity index (χ2v) is 11.2. The Morgan fingerprint density at radius 3 is 2.30 bits per heavy atom. The first-order valence-corrected chi connectivity index (χ1v) is 15.4. The van der Waals surface area contributed by atoms with Crippen LogP contribution in [0.3, 0.4) is 0 Å². The summed E-state index contributed by atoms with van der Waals surface area (Å²) >= 11 is 12.3. The Bertz CT molecular complexity index is 1480. The summed E-state index contributed by atoms with van der Waals surface area (Å²) < 4.78 is 11.2. The topological polar surface area (TPSA) is 101 Å². The summed E-state index contributed by atoms with van der Waals surface area (Å²) in [6.07, 6.45) is 0.704. The molecular formula is C35H35Cl2N3O4. The molecule has 0 radical (unpaired) electrons. The van der Waals surface area contributed by atoms with E-state index in [2.05, 4.69) is 29.6 Å². The first-order valence-electron chi connectivity index (χ1n) is 14.5. The molecule has 44 heavy (non-hydrogen) atoms. The van der Waals surface area contributed by atoms with Gasteiger partial charge < -0.3 is 14.8 Å². The Morgan fingerprint density at radius 2 is 1.68 bits per heavy atom. The predicted octanol–water partition coefficient (Wildman–Crippen LogP) is 6.82. The van der Waals surface area contributed by atoms with Crippen molar-refractivity contribution in [2.75, 3.05) is 32.2 Å². The van der Waals surface area contributed by atoms with Crippen LogP contribution in [0, 0.1) is 17.2 Å². The second-order valence-electron chi connectivity index (χ2n) is 10.4. The summed E-state index contributed by atoms with van der Waals surface area (Å²) in [6, 6.07) is 29.4. The van der Waals surface area contributed by atoms with Gasteiger partial charge in [0.2, 0.25) is 5.91 Å². The normalized spacial score (nSPS) is 16.3. The molecule has 0 aromatic heterocycles. The maximum absolute atomic E-state index is 14.2. The molecule has 0 bridgehead atoms. The first kappa shape index (κ1) is 32.9. The second kappa shape index (κ2) is 16.8. The third kappa shape index (κ3) is 8.57. The van der Waals surface area contributed by atoms with Crippen LogP contribution in [0.25, 0.3) is 0 Å². The summed E-state index contributed by atoms with van der Waals surface area (Å²) in [5, 5.41) is 12.5. The SMILES string of the molecule is CC1=NC(COCCCl)=C(C(=O)NCCC(c2ccccc2)c2ccccc2)C(c2cccc(Cl)c2)C1C(=O)OCCC#N. The van der Waals surface area contributed by atoms with E-state index in [1.54, 1.807) is 25.1 Å². The highest BCUT2D eigenvalue weighted by Gasteiger charge is 2.42. The lowest BCUT2D eigenvalue weighted by atomic mass is 9.75. The molecule has 0 saturated heterocycles. The van der Waals surface area contributed by atoms with Crippen molar-refractivity contribution in [2.45, 2.75) is 31.6 Å². The van der Waals surface area contributed by atoms with Gasteiger partial charge in [0.1, 0.15) is 12.5 Å². The van der Waals surface area contributed by atoms with Crippen molar-refractivity contribution in [3.05, 3.63) is 118 Å². The number of hydrogen-bond donors (Lipinski definition) is 1. The summed E-state index contributed by atoms with van der Waals surface area (Å²) in [6.45, 7) is 2.35. The smallest absolute Gasteiger partial charge is 0.315 e. The van der Waals surface area contributed by atoms with Crippen molar-refractivity contribution in [1.82, 2.24) is 5.32 Å². The number of alkyl halides is 1. The van der Waals surface area contributed by atoms with E-state index in [0.29, 0.717) is 40.5 Å². The van der Waals surface area contributed by atoms with E-state index in [4.69, 9.17) is 42.9 Å². The van der Waals surface area contributed by atoms with Gasteiger partial charge in [0.05, 0.1) is 31.4 Å². The highest BCUT2D eigenvalue weighted by Crippen LogP contribution is 2.40. The van der Waals surface area contributed by atoms with Gasteiger partial charge >= 0.3 is 5.97 Å². The van der Waals surface area contributed by atoms with Crippen molar-refractivity contribution in [3.8, 4) is 6.07 Å². The lowest BCUT2D eigenvalue weighted by Gasteiger charge is -2.33. The van der Waals surface area contributed by atoms with Gasteiger partial charge in [-0.3, -0.25) is 14.6 Å². The van der Waals surface area contributed by atoms with Crippen LogP contribution in [0.2, 0.25) is 5.02 Å². The van der Waals surface area contributed by atoms with E-state index in [-0.39, 0.29) is 43.9 Å². The van der Waals surface area contributed by atoms with Crippen LogP contribution in [0.4, 0.5) is 0 Å². The van der Waals surface area contributed by atoms with Gasteiger partial charge in [-0.25, -0.2) is 0 Å². The fourth-order valence-corrected chi connectivity index (χ4v) is 5.82. The number of nitriles is 1. The average Bonchev–Trinajstić information content (AvgIpc) is 3.03. The quantitative estimate of drug-likeness (QED) is 0.119. The standard InChI is InChI=1S/C35H35Cl2N3O4/c1-24-31(35(42)44-20-9-18-38)32(27-14-8-15-28(37)22-27)33(30(40-24)23-43-21-17-36)34(41)39-19-16-29(25-10-4-2-5-11-25)26-12-6-3-7-13-26/h2-8,10-15,22,29,31-32H,9,16-17,19-21,23H2,1H3,(H,39,41). The Balaban J connectivity index is 1.68. The molecule has 0 aliphatic carbocycles. The zero-order valence-corrected chi connectivity index (χ0v) is 26.1. The number of nitrogens with zero attached hydrogens (tertiary/aromatic N) is 2. The molecule has 1 N–H and O–H groups in total. The highest BCUT2D eigenvalue weighted by atomic mass is 35.5. The van der Waals surface area contributed by atoms with E-state index in [1.807, 2.05) is 48.5 Å². The lowest BCUT2D eigenvalue weighted by Crippen LogP contribution is -2.40. The highest BCUT2D eigenvalue weighted by molar-refractivity contribution is 6.30. The molecule has 7 nitrogen and oxygen atoms in total. The van der Waals surface area contributed by atoms with Crippen LogP contribution in [0.1, 0.15) is 48.3 Å². The molecule has 228 valence electrons. The van der Waals surface area contributed by atoms with Crippen LogP contribution < -0.4 is 5.32 Å². The van der Waals surface area contributed by atoms with Crippen LogP contribution in [0.5, 0.6) is 0 Å². The van der Waals surface area contributed by atoms with Crippen LogP contribution in [-0.2, 0) is 19.1 Å². The van der Waals surface area contributed by atoms with Gasteiger partial charge in [-0.1, -0.05) is 84.4 Å². The summed E-state index contributed by atoms with van der Waals surface area (Å²) in [4.78, 5) is 32.3. The molecular weight excluding hydrogens is 597 g/mol. The number of rotatable bonds is 14. The van der Waals surface area contributed by atoms with Crippen LogP contribution in [0.15, 0.2) is 101 Å². The van der Waals surface area contributed by atoms with E-state index < -0.39 is 17.8 Å². The zero-order valence-electron chi connectivity index (χ0n) is 24.5. The zero-order chi connectivity index (χ0) is 31.3. The number of amides is 1. The molecule has 4 rings (SSSR count). The van der Waals surface area contributed by atoms with Crippen molar-refractivity contribution in [2.24, 2.45) is 10.9 Å². The number of ether oxygens (including phenoxy) is 2. The third-order valence-electron chi connectivity index (χ3n) is 7.46. The minimum atomic E-state index is -0.897. The fraction of sp³-hybridized carbons (Fsp3) is 0.314. The molecule has 9 heteroatoms. The molecule has 3 aromatic rings. The monoisotopic (exact) mass is 631 g/mol. The van der Waals surface area contributed by atoms with Crippen LogP contribution >= 0.6 is 23.2 Å². The molecule has 2 atom stereocenters. The Labute approximate surface area is 268 Å². The summed E-state index contributed by atoms with van der Waals surface area (Å²) in [7, 11) is 0. The molecule has 3 aromatic carbocycles. The number of hydrogen-bond acceptors (Lipinski definition) is 6. The van der Waals surface area contributed by atoms with Crippen molar-refractivity contribution >= 4 is 40.8 Å². The Kier molecular flexibility index (Phi) is 12.6. The minimum Gasteiger partial charge on any atom is -0.464 e. The maximum Gasteiger partial charge on any atom is 0.315 e. The van der Waals surface area contributed by atoms with Gasteiger partial charge in [0.15, 0.2) is 0 Å². The van der Waals surface area contributed by atoms with E-state index in [0.717, 1.165) is 11.1 Å². The van der Waals surface area contributed by atoms with Crippen molar-refractivity contribution in [1.29, 1.82) is 5.26 Å².